The molecule has 1 aliphatic rings. The van der Waals surface area contributed by atoms with Crippen molar-refractivity contribution in [1.82, 2.24) is 9.55 Å². The van der Waals surface area contributed by atoms with Crippen LogP contribution in [0, 0.1) is 5.92 Å². The minimum absolute atomic E-state index is 0.00585. The fourth-order valence-corrected chi connectivity index (χ4v) is 3.16. The smallest absolute Gasteiger partial charge is 0.227 e. The van der Waals surface area contributed by atoms with Crippen molar-refractivity contribution < 1.29 is 4.79 Å². The van der Waals surface area contributed by atoms with Crippen LogP contribution < -0.4 is 10.6 Å². The maximum Gasteiger partial charge on any atom is 0.227 e. The summed E-state index contributed by atoms with van der Waals surface area (Å²) in [4.78, 5) is 16.7. The summed E-state index contributed by atoms with van der Waals surface area (Å²) in [6.45, 7) is 0.855. The molecule has 0 spiro atoms. The van der Waals surface area contributed by atoms with Crippen LogP contribution in [0.25, 0.3) is 0 Å². The van der Waals surface area contributed by atoms with E-state index in [-0.39, 0.29) is 11.8 Å². The van der Waals surface area contributed by atoms with Crippen LogP contribution in [0.4, 0.5) is 17.1 Å². The Morgan fingerprint density at radius 1 is 1.00 bits per heavy atom. The second kappa shape index (κ2) is 6.81. The molecule has 1 amide bonds. The lowest BCUT2D eigenvalue weighted by atomic mass is 9.95. The number of rotatable bonds is 4. The Balaban J connectivity index is 1.37. The van der Waals surface area contributed by atoms with E-state index in [0.29, 0.717) is 0 Å². The molecule has 0 radical (unpaired) electrons. The summed E-state index contributed by atoms with van der Waals surface area (Å²) >= 11 is 0. The maximum atomic E-state index is 12.5. The molecule has 0 saturated heterocycles. The predicted octanol–water partition coefficient (Wildman–Crippen LogP) is 3.83. The Bertz CT molecular complexity index is 855. The van der Waals surface area contributed by atoms with Crippen LogP contribution in [0.2, 0.25) is 0 Å². The highest BCUT2D eigenvalue weighted by Gasteiger charge is 2.24. The number of amides is 1. The van der Waals surface area contributed by atoms with Gasteiger partial charge >= 0.3 is 0 Å². The molecule has 4 rings (SSSR count). The van der Waals surface area contributed by atoms with Crippen molar-refractivity contribution in [2.24, 2.45) is 5.92 Å². The van der Waals surface area contributed by atoms with E-state index in [4.69, 9.17) is 0 Å². The van der Waals surface area contributed by atoms with Crippen LogP contribution in [-0.2, 0) is 17.8 Å². The fourth-order valence-electron chi connectivity index (χ4n) is 3.16. The first-order chi connectivity index (χ1) is 12.3. The zero-order chi connectivity index (χ0) is 17.1. The quantitative estimate of drug-likeness (QED) is 0.763. The van der Waals surface area contributed by atoms with Crippen LogP contribution in [0.15, 0.2) is 67.1 Å². The number of para-hydroxylation sites is 1. The van der Waals surface area contributed by atoms with Crippen LogP contribution in [0.3, 0.4) is 0 Å². The molecule has 25 heavy (non-hydrogen) atoms. The number of nitrogens with zero attached hydrogens (tertiary/aromatic N) is 2. The molecule has 2 N–H and O–H groups in total. The van der Waals surface area contributed by atoms with Gasteiger partial charge < -0.3 is 15.2 Å². The van der Waals surface area contributed by atoms with Crippen molar-refractivity contribution in [3.05, 3.63) is 72.8 Å². The van der Waals surface area contributed by atoms with E-state index < -0.39 is 0 Å². The molecule has 0 fully saturated rings. The molecule has 5 nitrogen and oxygen atoms in total. The third-order valence-electron chi connectivity index (χ3n) is 4.56. The second-order valence-corrected chi connectivity index (χ2v) is 6.33. The Hall–Kier alpha value is -3.08. The van der Waals surface area contributed by atoms with E-state index in [9.17, 15) is 4.79 Å². The van der Waals surface area contributed by atoms with E-state index in [1.165, 1.54) is 0 Å². The molecule has 1 unspecified atom stereocenters. The number of hydrogen-bond acceptors (Lipinski definition) is 3. The highest BCUT2D eigenvalue weighted by Crippen LogP contribution is 2.23. The normalized spacial score (nSPS) is 16.1. The number of nitrogens with one attached hydrogen (secondary N) is 2. The van der Waals surface area contributed by atoms with E-state index in [2.05, 4.69) is 20.2 Å². The topological polar surface area (TPSA) is 59.0 Å². The molecule has 1 aliphatic heterocycles. The monoisotopic (exact) mass is 332 g/mol. The van der Waals surface area contributed by atoms with Crippen molar-refractivity contribution in [1.29, 1.82) is 0 Å². The van der Waals surface area contributed by atoms with E-state index in [1.54, 1.807) is 0 Å². The summed E-state index contributed by atoms with van der Waals surface area (Å²) in [6.07, 6.45) is 5.29. The molecule has 1 aromatic heterocycles. The summed E-state index contributed by atoms with van der Waals surface area (Å²) in [5.41, 5.74) is 3.99. The minimum Gasteiger partial charge on any atom is -0.356 e. The first kappa shape index (κ1) is 15.4. The summed E-state index contributed by atoms with van der Waals surface area (Å²) in [7, 11) is 0. The third kappa shape index (κ3) is 3.55. The molecule has 3 aromatic rings. The van der Waals surface area contributed by atoms with Gasteiger partial charge in [0.05, 0.1) is 6.33 Å². The highest BCUT2D eigenvalue weighted by atomic mass is 16.1. The van der Waals surface area contributed by atoms with Gasteiger partial charge in [-0.05, 0) is 42.8 Å². The molecular formula is C20H20N4O. The average Bonchev–Trinajstić information content (AvgIpc) is 3.12. The lowest BCUT2D eigenvalue weighted by molar-refractivity contribution is -0.120. The Morgan fingerprint density at radius 2 is 1.72 bits per heavy atom. The van der Waals surface area contributed by atoms with Gasteiger partial charge in [-0.3, -0.25) is 4.79 Å². The number of carbonyl (C=O) groups excluding carboxylic acids is 1. The number of carbonyl (C=O) groups is 1. The zero-order valence-electron chi connectivity index (χ0n) is 13.9. The molecular weight excluding hydrogens is 312 g/mol. The summed E-state index contributed by atoms with van der Waals surface area (Å²) in [6, 6.07) is 17.8. The molecule has 2 heterocycles. The lowest BCUT2D eigenvalue weighted by Crippen LogP contribution is -2.29. The van der Waals surface area contributed by atoms with Gasteiger partial charge in [-0.25, -0.2) is 4.98 Å². The van der Waals surface area contributed by atoms with Gasteiger partial charge in [0, 0.05) is 47.8 Å². The van der Waals surface area contributed by atoms with Gasteiger partial charge in [0.15, 0.2) is 0 Å². The number of hydrogen-bond donors (Lipinski definition) is 2. The van der Waals surface area contributed by atoms with Gasteiger partial charge in [0.1, 0.15) is 0 Å². The molecule has 5 heteroatoms. The standard InChI is InChI=1S/C20H20N4O/c25-20(15-10-11-24-14-21-13-19(24)12-15)23-18-8-6-17(7-9-18)22-16-4-2-1-3-5-16/h1-9,13-15,22H,10-12H2,(H,23,25). The van der Waals surface area contributed by atoms with Gasteiger partial charge in [-0.15, -0.1) is 0 Å². The first-order valence-electron chi connectivity index (χ1n) is 8.50. The fraction of sp³-hybridized carbons (Fsp3) is 0.200. The van der Waals surface area contributed by atoms with E-state index in [0.717, 1.165) is 42.1 Å². The Labute approximate surface area is 146 Å². The number of aromatic nitrogens is 2. The third-order valence-corrected chi connectivity index (χ3v) is 4.56. The Kier molecular flexibility index (Phi) is 4.21. The van der Waals surface area contributed by atoms with Gasteiger partial charge in [0.2, 0.25) is 5.91 Å². The van der Waals surface area contributed by atoms with Gasteiger partial charge in [-0.1, -0.05) is 18.2 Å². The Morgan fingerprint density at radius 3 is 2.52 bits per heavy atom. The minimum atomic E-state index is 0.00585. The SMILES string of the molecule is O=C(Nc1ccc(Nc2ccccc2)cc1)C1CCn2cncc2C1. The summed E-state index contributed by atoms with van der Waals surface area (Å²) < 4.78 is 2.12. The molecule has 0 aliphatic carbocycles. The number of anilines is 3. The van der Waals surface area contributed by atoms with Crippen molar-refractivity contribution >= 4 is 23.0 Å². The average molecular weight is 332 g/mol. The molecule has 0 saturated carbocycles. The highest BCUT2D eigenvalue weighted by molar-refractivity contribution is 5.93. The zero-order valence-corrected chi connectivity index (χ0v) is 13.9. The van der Waals surface area contributed by atoms with Crippen molar-refractivity contribution in [3.63, 3.8) is 0 Å². The maximum absolute atomic E-state index is 12.5. The molecule has 126 valence electrons. The number of fused-ring (bicyclic) bond motifs is 1. The van der Waals surface area contributed by atoms with Crippen molar-refractivity contribution in [2.45, 2.75) is 19.4 Å². The lowest BCUT2D eigenvalue weighted by Gasteiger charge is -2.23. The van der Waals surface area contributed by atoms with Crippen molar-refractivity contribution in [2.75, 3.05) is 10.6 Å². The van der Waals surface area contributed by atoms with Crippen LogP contribution in [0.5, 0.6) is 0 Å². The summed E-state index contributed by atoms with van der Waals surface area (Å²) in [5.74, 6) is 0.0857. The van der Waals surface area contributed by atoms with Crippen LogP contribution >= 0.6 is 0 Å². The van der Waals surface area contributed by atoms with E-state index in [1.807, 2.05) is 67.1 Å². The largest absolute Gasteiger partial charge is 0.356 e. The molecule has 0 bridgehead atoms. The first-order valence-corrected chi connectivity index (χ1v) is 8.50. The summed E-state index contributed by atoms with van der Waals surface area (Å²) in [5, 5.41) is 6.36. The molecule has 2 aromatic carbocycles. The molecule has 1 atom stereocenters. The number of imidazole rings is 1. The van der Waals surface area contributed by atoms with Gasteiger partial charge in [0.25, 0.3) is 0 Å². The number of benzene rings is 2. The second-order valence-electron chi connectivity index (χ2n) is 6.33. The van der Waals surface area contributed by atoms with E-state index >= 15 is 0 Å². The predicted molar refractivity (Wildman–Crippen MR) is 98.8 cm³/mol. The van der Waals surface area contributed by atoms with Crippen molar-refractivity contribution in [3.8, 4) is 0 Å². The number of aryl methyl sites for hydroxylation is 1. The van der Waals surface area contributed by atoms with Crippen LogP contribution in [0.1, 0.15) is 12.1 Å². The van der Waals surface area contributed by atoms with Gasteiger partial charge in [-0.2, -0.15) is 0 Å². The van der Waals surface area contributed by atoms with Crippen LogP contribution in [-0.4, -0.2) is 15.5 Å².